The number of cyclic esters (lactones) is 2. The number of ether oxygens (including phenoxy) is 2. The lowest BCUT2D eigenvalue weighted by Gasteiger charge is -2.07. The molecule has 0 radical (unpaired) electrons. The molecule has 0 saturated heterocycles. The van der Waals surface area contributed by atoms with E-state index in [0.717, 1.165) is 0 Å². The van der Waals surface area contributed by atoms with Crippen molar-refractivity contribution in [3.05, 3.63) is 34.7 Å². The number of hydrogen-bond donors (Lipinski definition) is 0. The first-order chi connectivity index (χ1) is 8.19. The zero-order valence-corrected chi connectivity index (χ0v) is 10.2. The van der Waals surface area contributed by atoms with Gasteiger partial charge < -0.3 is 9.47 Å². The molecule has 0 aliphatic carbocycles. The van der Waals surface area contributed by atoms with Crippen molar-refractivity contribution in [3.8, 4) is 5.75 Å². The molecule has 1 aromatic rings. The first-order valence-corrected chi connectivity index (χ1v) is 6.09. The Morgan fingerprint density at radius 1 is 1.18 bits per heavy atom. The minimum atomic E-state index is -0.621. The van der Waals surface area contributed by atoms with E-state index in [1.54, 1.807) is 30.5 Å². The molecule has 0 atom stereocenters. The topological polar surface area (TPSA) is 52.6 Å². The fraction of sp³-hybridized carbons (Fsp3) is 0.167. The van der Waals surface area contributed by atoms with Crippen molar-refractivity contribution in [1.29, 1.82) is 0 Å². The number of rotatable bonds is 3. The molecule has 1 aliphatic rings. The highest BCUT2D eigenvalue weighted by Gasteiger charge is 2.34. The van der Waals surface area contributed by atoms with Gasteiger partial charge in [0.1, 0.15) is 10.7 Å². The molecule has 0 fully saturated rings. The van der Waals surface area contributed by atoms with Gasteiger partial charge in [-0.1, -0.05) is 18.2 Å². The van der Waals surface area contributed by atoms with E-state index in [1.807, 2.05) is 0 Å². The van der Waals surface area contributed by atoms with Crippen molar-refractivity contribution >= 4 is 29.3 Å². The highest BCUT2D eigenvalue weighted by Crippen LogP contribution is 2.36. The standard InChI is InChI=1S/C12H10O4S/c1-15-8-6-4-3-5-7(8)9-10(17-2)12(14)16-11(9)13/h3-6H,1-2H3. The van der Waals surface area contributed by atoms with Crippen LogP contribution in [0.5, 0.6) is 5.75 Å². The Kier molecular flexibility index (Phi) is 3.19. The van der Waals surface area contributed by atoms with E-state index in [1.165, 1.54) is 18.9 Å². The smallest absolute Gasteiger partial charge is 0.353 e. The lowest BCUT2D eigenvalue weighted by Crippen LogP contribution is -2.02. The molecule has 0 unspecified atom stereocenters. The summed E-state index contributed by atoms with van der Waals surface area (Å²) in [6.07, 6.45) is 1.73. The third-order valence-corrected chi connectivity index (χ3v) is 3.16. The lowest BCUT2D eigenvalue weighted by atomic mass is 10.1. The van der Waals surface area contributed by atoms with Gasteiger partial charge in [0.05, 0.1) is 12.7 Å². The Morgan fingerprint density at radius 3 is 2.53 bits per heavy atom. The number of carbonyl (C=O) groups excluding carboxylic acids is 2. The second-order valence-corrected chi connectivity index (χ2v) is 4.10. The molecular weight excluding hydrogens is 240 g/mol. The maximum atomic E-state index is 11.7. The van der Waals surface area contributed by atoms with Crippen molar-refractivity contribution in [2.75, 3.05) is 13.4 Å². The molecular formula is C12H10O4S. The van der Waals surface area contributed by atoms with Gasteiger partial charge in [0.25, 0.3) is 0 Å². The van der Waals surface area contributed by atoms with Crippen LogP contribution in [0.15, 0.2) is 29.2 Å². The highest BCUT2D eigenvalue weighted by atomic mass is 32.2. The molecule has 0 bridgehead atoms. The second kappa shape index (κ2) is 4.63. The minimum absolute atomic E-state index is 0.278. The third-order valence-electron chi connectivity index (χ3n) is 2.38. The summed E-state index contributed by atoms with van der Waals surface area (Å²) in [7, 11) is 1.51. The molecule has 1 heterocycles. The summed E-state index contributed by atoms with van der Waals surface area (Å²) in [5.41, 5.74) is 0.857. The molecule has 4 nitrogen and oxygen atoms in total. The number of para-hydroxylation sites is 1. The van der Waals surface area contributed by atoms with Crippen molar-refractivity contribution in [1.82, 2.24) is 0 Å². The van der Waals surface area contributed by atoms with Crippen molar-refractivity contribution in [2.45, 2.75) is 0 Å². The van der Waals surface area contributed by atoms with Crippen molar-refractivity contribution in [2.24, 2.45) is 0 Å². The van der Waals surface area contributed by atoms with Crippen LogP contribution in [-0.2, 0) is 14.3 Å². The van der Waals surface area contributed by atoms with Crippen LogP contribution >= 0.6 is 11.8 Å². The maximum Gasteiger partial charge on any atom is 0.353 e. The van der Waals surface area contributed by atoms with E-state index < -0.39 is 11.9 Å². The number of esters is 2. The summed E-state index contributed by atoms with van der Waals surface area (Å²) >= 11 is 1.20. The number of benzene rings is 1. The predicted octanol–water partition coefficient (Wildman–Crippen LogP) is 1.85. The van der Waals surface area contributed by atoms with Gasteiger partial charge >= 0.3 is 11.9 Å². The fourth-order valence-electron chi connectivity index (χ4n) is 1.65. The average Bonchev–Trinajstić information content (AvgIpc) is 2.63. The summed E-state index contributed by atoms with van der Waals surface area (Å²) in [4.78, 5) is 23.4. The molecule has 0 aromatic heterocycles. The Hall–Kier alpha value is -1.75. The highest BCUT2D eigenvalue weighted by molar-refractivity contribution is 8.03. The zero-order chi connectivity index (χ0) is 12.4. The molecule has 0 spiro atoms. The monoisotopic (exact) mass is 250 g/mol. The quantitative estimate of drug-likeness (QED) is 0.605. The van der Waals surface area contributed by atoms with E-state index in [2.05, 4.69) is 4.74 Å². The Morgan fingerprint density at radius 2 is 1.88 bits per heavy atom. The predicted molar refractivity (Wildman–Crippen MR) is 64.5 cm³/mol. The van der Waals surface area contributed by atoms with E-state index in [0.29, 0.717) is 16.2 Å². The number of thioether (sulfide) groups is 1. The molecule has 0 saturated carbocycles. The maximum absolute atomic E-state index is 11.7. The van der Waals surface area contributed by atoms with Crippen molar-refractivity contribution in [3.63, 3.8) is 0 Å². The first kappa shape index (κ1) is 11.7. The Balaban J connectivity index is 2.62. The Labute approximate surface area is 103 Å². The molecule has 1 aromatic carbocycles. The lowest BCUT2D eigenvalue weighted by molar-refractivity contribution is -0.149. The molecule has 17 heavy (non-hydrogen) atoms. The number of methoxy groups -OCH3 is 1. The van der Waals surface area contributed by atoms with Crippen molar-refractivity contribution < 1.29 is 19.1 Å². The Bertz CT molecular complexity index is 519. The van der Waals surface area contributed by atoms with Crippen LogP contribution in [0.2, 0.25) is 0 Å². The average molecular weight is 250 g/mol. The van der Waals surface area contributed by atoms with Crippen LogP contribution in [0.4, 0.5) is 0 Å². The summed E-state index contributed by atoms with van der Waals surface area (Å²) in [6.45, 7) is 0. The summed E-state index contributed by atoms with van der Waals surface area (Å²) in [6, 6.07) is 7.03. The minimum Gasteiger partial charge on any atom is -0.496 e. The largest absolute Gasteiger partial charge is 0.496 e. The first-order valence-electron chi connectivity index (χ1n) is 4.87. The van der Waals surface area contributed by atoms with Crippen LogP contribution in [0, 0.1) is 0 Å². The second-order valence-electron chi connectivity index (χ2n) is 3.29. The van der Waals surface area contributed by atoms with Gasteiger partial charge in [0.2, 0.25) is 0 Å². The van der Waals surface area contributed by atoms with Crippen LogP contribution < -0.4 is 4.74 Å². The van der Waals surface area contributed by atoms with E-state index >= 15 is 0 Å². The number of hydrogen-bond acceptors (Lipinski definition) is 5. The van der Waals surface area contributed by atoms with E-state index in [-0.39, 0.29) is 5.57 Å². The van der Waals surface area contributed by atoms with E-state index in [9.17, 15) is 9.59 Å². The van der Waals surface area contributed by atoms with Gasteiger partial charge in [-0.3, -0.25) is 0 Å². The summed E-state index contributed by atoms with van der Waals surface area (Å²) in [5, 5.41) is 0. The molecule has 2 rings (SSSR count). The summed E-state index contributed by atoms with van der Waals surface area (Å²) in [5.74, 6) is -0.673. The van der Waals surface area contributed by atoms with Crippen LogP contribution in [0.1, 0.15) is 5.56 Å². The van der Waals surface area contributed by atoms with Gasteiger partial charge in [0.15, 0.2) is 0 Å². The fourth-order valence-corrected chi connectivity index (χ4v) is 2.25. The molecule has 1 aliphatic heterocycles. The van der Waals surface area contributed by atoms with Gasteiger partial charge in [0, 0.05) is 5.56 Å². The molecule has 5 heteroatoms. The third kappa shape index (κ3) is 1.93. The molecule has 0 N–H and O–H groups in total. The van der Waals surface area contributed by atoms with Gasteiger partial charge in [-0.15, -0.1) is 11.8 Å². The number of carbonyl (C=O) groups is 2. The molecule has 0 amide bonds. The summed E-state index contributed by atoms with van der Waals surface area (Å²) < 4.78 is 9.77. The normalized spacial score (nSPS) is 15.2. The van der Waals surface area contributed by atoms with Gasteiger partial charge in [-0.05, 0) is 12.3 Å². The molecule has 88 valence electrons. The van der Waals surface area contributed by atoms with Gasteiger partial charge in [-0.25, -0.2) is 9.59 Å². The van der Waals surface area contributed by atoms with Crippen LogP contribution in [0.3, 0.4) is 0 Å². The van der Waals surface area contributed by atoms with Crippen LogP contribution in [0.25, 0.3) is 5.57 Å². The van der Waals surface area contributed by atoms with E-state index in [4.69, 9.17) is 4.74 Å². The zero-order valence-electron chi connectivity index (χ0n) is 9.35. The SMILES string of the molecule is COc1ccccc1C1=C(SC)C(=O)OC1=O. The van der Waals surface area contributed by atoms with Gasteiger partial charge in [-0.2, -0.15) is 0 Å². The van der Waals surface area contributed by atoms with Crippen LogP contribution in [-0.4, -0.2) is 25.3 Å².